The molecule has 1 aromatic carbocycles. The first-order valence-electron chi connectivity index (χ1n) is 7.04. The van der Waals surface area contributed by atoms with Crippen LogP contribution in [0.25, 0.3) is 0 Å². The third kappa shape index (κ3) is 3.48. The van der Waals surface area contributed by atoms with Crippen molar-refractivity contribution in [1.29, 1.82) is 0 Å². The second kappa shape index (κ2) is 5.93. The fraction of sp³-hybridized carbons (Fsp3) is 0.625. The standard InChI is InChI=1S/C16H24O3/c1-4-14-11-16(17,7-8-19-14)10-13-9-12(2)5-6-15(13)18-3/h5-6,9,14,17H,4,7-8,10-11H2,1-3H3. The van der Waals surface area contributed by atoms with Gasteiger partial charge in [0.1, 0.15) is 5.75 Å². The van der Waals surface area contributed by atoms with Crippen molar-refractivity contribution in [2.75, 3.05) is 13.7 Å². The lowest BCUT2D eigenvalue weighted by molar-refractivity contribution is -0.103. The molecule has 19 heavy (non-hydrogen) atoms. The van der Waals surface area contributed by atoms with Gasteiger partial charge < -0.3 is 14.6 Å². The van der Waals surface area contributed by atoms with Crippen molar-refractivity contribution >= 4 is 0 Å². The molecule has 0 aliphatic carbocycles. The Morgan fingerprint density at radius 1 is 1.47 bits per heavy atom. The van der Waals surface area contributed by atoms with Crippen molar-refractivity contribution in [2.24, 2.45) is 0 Å². The van der Waals surface area contributed by atoms with Gasteiger partial charge in [0.25, 0.3) is 0 Å². The normalized spacial score (nSPS) is 27.3. The Labute approximate surface area is 115 Å². The number of rotatable bonds is 4. The number of aryl methyl sites for hydroxylation is 1. The minimum atomic E-state index is -0.667. The molecular weight excluding hydrogens is 240 g/mol. The van der Waals surface area contributed by atoms with Crippen molar-refractivity contribution in [2.45, 2.75) is 51.2 Å². The largest absolute Gasteiger partial charge is 0.496 e. The highest BCUT2D eigenvalue weighted by molar-refractivity contribution is 5.38. The molecule has 0 bridgehead atoms. The summed E-state index contributed by atoms with van der Waals surface area (Å²) in [6, 6.07) is 6.11. The Hall–Kier alpha value is -1.06. The zero-order valence-electron chi connectivity index (χ0n) is 12.1. The Kier molecular flexibility index (Phi) is 4.48. The van der Waals surface area contributed by atoms with Gasteiger partial charge in [-0.1, -0.05) is 24.6 Å². The van der Waals surface area contributed by atoms with Crippen LogP contribution in [0.1, 0.15) is 37.3 Å². The number of hydrogen-bond donors (Lipinski definition) is 1. The summed E-state index contributed by atoms with van der Waals surface area (Å²) in [4.78, 5) is 0. The van der Waals surface area contributed by atoms with Crippen LogP contribution in [0.5, 0.6) is 5.75 Å². The summed E-state index contributed by atoms with van der Waals surface area (Å²) in [7, 11) is 1.68. The lowest BCUT2D eigenvalue weighted by Crippen LogP contribution is -2.42. The van der Waals surface area contributed by atoms with E-state index in [0.717, 1.165) is 17.7 Å². The predicted octanol–water partition coefficient (Wildman–Crippen LogP) is 2.87. The first-order valence-corrected chi connectivity index (χ1v) is 7.04. The van der Waals surface area contributed by atoms with E-state index in [0.29, 0.717) is 25.9 Å². The average molecular weight is 264 g/mol. The molecule has 0 radical (unpaired) electrons. The minimum absolute atomic E-state index is 0.176. The lowest BCUT2D eigenvalue weighted by atomic mass is 9.83. The number of aliphatic hydroxyl groups is 1. The first kappa shape index (κ1) is 14.4. The highest BCUT2D eigenvalue weighted by Crippen LogP contribution is 2.32. The minimum Gasteiger partial charge on any atom is -0.496 e. The van der Waals surface area contributed by atoms with Crippen molar-refractivity contribution < 1.29 is 14.6 Å². The summed E-state index contributed by atoms with van der Waals surface area (Å²) in [6.45, 7) is 4.80. The molecule has 1 fully saturated rings. The fourth-order valence-electron chi connectivity index (χ4n) is 2.82. The molecule has 3 heteroatoms. The average Bonchev–Trinajstić information content (AvgIpc) is 2.38. The lowest BCUT2D eigenvalue weighted by Gasteiger charge is -2.37. The molecular formula is C16H24O3. The molecule has 0 saturated carbocycles. The smallest absolute Gasteiger partial charge is 0.122 e. The van der Waals surface area contributed by atoms with E-state index >= 15 is 0 Å². The van der Waals surface area contributed by atoms with Crippen LogP contribution in [0.2, 0.25) is 0 Å². The second-order valence-corrected chi connectivity index (χ2v) is 5.57. The van der Waals surface area contributed by atoms with Crippen LogP contribution in [0.3, 0.4) is 0 Å². The molecule has 1 saturated heterocycles. The molecule has 3 nitrogen and oxygen atoms in total. The quantitative estimate of drug-likeness (QED) is 0.909. The van der Waals surface area contributed by atoms with E-state index in [2.05, 4.69) is 19.9 Å². The van der Waals surface area contributed by atoms with Gasteiger partial charge in [-0.15, -0.1) is 0 Å². The van der Waals surface area contributed by atoms with Gasteiger partial charge in [-0.25, -0.2) is 0 Å². The first-order chi connectivity index (χ1) is 9.06. The molecule has 1 N–H and O–H groups in total. The molecule has 1 aliphatic rings. The van der Waals surface area contributed by atoms with E-state index in [-0.39, 0.29) is 6.10 Å². The van der Waals surface area contributed by atoms with Crippen LogP contribution in [0.15, 0.2) is 18.2 Å². The summed E-state index contributed by atoms with van der Waals surface area (Å²) >= 11 is 0. The van der Waals surface area contributed by atoms with Gasteiger partial charge in [0, 0.05) is 19.4 Å². The van der Waals surface area contributed by atoms with Gasteiger partial charge in [-0.05, 0) is 31.4 Å². The van der Waals surface area contributed by atoms with Crippen molar-refractivity contribution in [3.8, 4) is 5.75 Å². The van der Waals surface area contributed by atoms with Crippen LogP contribution in [0.4, 0.5) is 0 Å². The topological polar surface area (TPSA) is 38.7 Å². The van der Waals surface area contributed by atoms with Gasteiger partial charge in [0.15, 0.2) is 0 Å². The number of benzene rings is 1. The summed E-state index contributed by atoms with van der Waals surface area (Å²) in [5.41, 5.74) is 1.61. The molecule has 0 amide bonds. The fourth-order valence-corrected chi connectivity index (χ4v) is 2.82. The van der Waals surface area contributed by atoms with E-state index in [1.807, 2.05) is 12.1 Å². The third-order valence-corrected chi connectivity index (χ3v) is 3.94. The molecule has 0 spiro atoms. The van der Waals surface area contributed by atoms with Gasteiger partial charge in [-0.2, -0.15) is 0 Å². The summed E-state index contributed by atoms with van der Waals surface area (Å²) in [5, 5.41) is 10.8. The SMILES string of the molecule is CCC1CC(O)(Cc2cc(C)ccc2OC)CCO1. The number of ether oxygens (including phenoxy) is 2. The monoisotopic (exact) mass is 264 g/mol. The van der Waals surface area contributed by atoms with Crippen LogP contribution in [-0.2, 0) is 11.2 Å². The molecule has 1 aliphatic heterocycles. The van der Waals surface area contributed by atoms with Crippen LogP contribution < -0.4 is 4.74 Å². The van der Waals surface area contributed by atoms with Gasteiger partial charge >= 0.3 is 0 Å². The second-order valence-electron chi connectivity index (χ2n) is 5.57. The van der Waals surface area contributed by atoms with E-state index < -0.39 is 5.60 Å². The van der Waals surface area contributed by atoms with Crippen LogP contribution >= 0.6 is 0 Å². The molecule has 2 atom stereocenters. The summed E-state index contributed by atoms with van der Waals surface area (Å²) in [6.07, 6.45) is 3.17. The van der Waals surface area contributed by atoms with Gasteiger partial charge in [0.2, 0.25) is 0 Å². The molecule has 0 aromatic heterocycles. The van der Waals surface area contributed by atoms with Crippen molar-refractivity contribution in [1.82, 2.24) is 0 Å². The van der Waals surface area contributed by atoms with Crippen molar-refractivity contribution in [3.63, 3.8) is 0 Å². The maximum absolute atomic E-state index is 10.8. The molecule has 1 heterocycles. The summed E-state index contributed by atoms with van der Waals surface area (Å²) in [5.74, 6) is 0.860. The Morgan fingerprint density at radius 3 is 2.95 bits per heavy atom. The molecule has 106 valence electrons. The highest BCUT2D eigenvalue weighted by atomic mass is 16.5. The van der Waals surface area contributed by atoms with E-state index in [9.17, 15) is 5.11 Å². The molecule has 2 rings (SSSR count). The zero-order chi connectivity index (χ0) is 13.9. The maximum Gasteiger partial charge on any atom is 0.122 e. The van der Waals surface area contributed by atoms with E-state index in [1.54, 1.807) is 7.11 Å². The molecule has 2 unspecified atom stereocenters. The number of methoxy groups -OCH3 is 1. The number of hydrogen-bond acceptors (Lipinski definition) is 3. The van der Waals surface area contributed by atoms with Crippen molar-refractivity contribution in [3.05, 3.63) is 29.3 Å². The predicted molar refractivity (Wildman–Crippen MR) is 75.6 cm³/mol. The molecule has 1 aromatic rings. The van der Waals surface area contributed by atoms with Crippen LogP contribution in [-0.4, -0.2) is 30.5 Å². The van der Waals surface area contributed by atoms with E-state index in [1.165, 1.54) is 5.56 Å². The maximum atomic E-state index is 10.8. The zero-order valence-corrected chi connectivity index (χ0v) is 12.1. The van der Waals surface area contributed by atoms with E-state index in [4.69, 9.17) is 9.47 Å². The van der Waals surface area contributed by atoms with Crippen LogP contribution in [0, 0.1) is 6.92 Å². The highest BCUT2D eigenvalue weighted by Gasteiger charge is 2.35. The summed E-state index contributed by atoms with van der Waals surface area (Å²) < 4.78 is 11.0. The third-order valence-electron chi connectivity index (χ3n) is 3.94. The Morgan fingerprint density at radius 2 is 2.26 bits per heavy atom. The van der Waals surface area contributed by atoms with Gasteiger partial charge in [0.05, 0.1) is 18.8 Å². The van der Waals surface area contributed by atoms with Gasteiger partial charge in [-0.3, -0.25) is 0 Å². The Bertz CT molecular complexity index is 430. The Balaban J connectivity index is 2.17.